The number of aryl methyl sites for hydroxylation is 1. The van der Waals surface area contributed by atoms with Crippen molar-refractivity contribution >= 4 is 28.6 Å². The Kier molecular flexibility index (Phi) is 3.46. The Labute approximate surface area is 134 Å². The molecule has 1 saturated carbocycles. The second-order valence-electron chi connectivity index (χ2n) is 6.09. The first-order valence-electron chi connectivity index (χ1n) is 7.97. The van der Waals surface area contributed by atoms with Gasteiger partial charge in [0, 0.05) is 19.0 Å². The van der Waals surface area contributed by atoms with Gasteiger partial charge in [0.25, 0.3) is 0 Å². The molecule has 4 rings (SSSR count). The predicted molar refractivity (Wildman–Crippen MR) is 85.6 cm³/mol. The van der Waals surface area contributed by atoms with Crippen LogP contribution in [0.5, 0.6) is 0 Å². The summed E-state index contributed by atoms with van der Waals surface area (Å²) in [6.45, 7) is 7.33. The summed E-state index contributed by atoms with van der Waals surface area (Å²) >= 11 is 6.20. The predicted octanol–water partition coefficient (Wildman–Crippen LogP) is 2.60. The molecule has 2 aromatic rings. The molecular weight excluding hydrogens is 302 g/mol. The average molecular weight is 322 g/mol. The maximum Gasteiger partial charge on any atom is 0.226 e. The van der Waals surface area contributed by atoms with Crippen LogP contribution >= 0.6 is 11.6 Å². The summed E-state index contributed by atoms with van der Waals surface area (Å²) in [7, 11) is 0. The number of aromatic nitrogens is 4. The molecule has 1 saturated heterocycles. The van der Waals surface area contributed by atoms with Crippen LogP contribution in [0.15, 0.2) is 0 Å². The van der Waals surface area contributed by atoms with Crippen LogP contribution < -0.4 is 4.90 Å². The summed E-state index contributed by atoms with van der Waals surface area (Å²) in [6.07, 6.45) is 2.43. The van der Waals surface area contributed by atoms with Gasteiger partial charge in [0.15, 0.2) is 17.0 Å². The minimum absolute atomic E-state index is 0.263. The lowest BCUT2D eigenvalue weighted by Gasteiger charge is -2.34. The van der Waals surface area contributed by atoms with Crippen LogP contribution in [0.25, 0.3) is 11.2 Å². The van der Waals surface area contributed by atoms with Crippen molar-refractivity contribution in [3.05, 3.63) is 11.1 Å². The molecule has 2 fully saturated rings. The third-order valence-electron chi connectivity index (χ3n) is 4.48. The summed E-state index contributed by atoms with van der Waals surface area (Å²) in [6, 6.07) is 0.263. The minimum atomic E-state index is 0.263. The number of hydrogen-bond acceptors (Lipinski definition) is 5. The van der Waals surface area contributed by atoms with E-state index in [1.807, 2.05) is 0 Å². The van der Waals surface area contributed by atoms with Gasteiger partial charge in [-0.2, -0.15) is 9.97 Å². The van der Waals surface area contributed by atoms with E-state index in [9.17, 15) is 0 Å². The lowest BCUT2D eigenvalue weighted by Crippen LogP contribution is -2.44. The molecule has 1 aliphatic carbocycles. The molecule has 0 aromatic carbocycles. The minimum Gasteiger partial charge on any atom is -0.377 e. The fraction of sp³-hybridized carbons (Fsp3) is 0.667. The van der Waals surface area contributed by atoms with E-state index in [-0.39, 0.29) is 11.3 Å². The highest BCUT2D eigenvalue weighted by atomic mass is 35.5. The highest BCUT2D eigenvalue weighted by molar-refractivity contribution is 6.28. The van der Waals surface area contributed by atoms with E-state index in [4.69, 9.17) is 21.3 Å². The van der Waals surface area contributed by atoms with E-state index in [1.165, 1.54) is 12.8 Å². The molecule has 22 heavy (non-hydrogen) atoms. The summed E-state index contributed by atoms with van der Waals surface area (Å²) in [5.41, 5.74) is 1.74. The maximum atomic E-state index is 6.20. The van der Waals surface area contributed by atoms with Gasteiger partial charge in [-0.1, -0.05) is 0 Å². The molecule has 1 aliphatic heterocycles. The molecule has 2 aromatic heterocycles. The normalized spacial score (nSPS) is 22.5. The number of fused-ring (bicyclic) bond motifs is 1. The van der Waals surface area contributed by atoms with Gasteiger partial charge in [-0.25, -0.2) is 4.98 Å². The zero-order valence-corrected chi connectivity index (χ0v) is 13.7. The zero-order valence-electron chi connectivity index (χ0n) is 12.9. The van der Waals surface area contributed by atoms with Crippen LogP contribution in [0.2, 0.25) is 5.28 Å². The zero-order chi connectivity index (χ0) is 15.3. The Morgan fingerprint density at radius 2 is 2.09 bits per heavy atom. The SMILES string of the molecule is CCn1c(C2CC2)nc2c(N3CCOCC3C)nc(Cl)nc21. The molecule has 7 heteroatoms. The quantitative estimate of drug-likeness (QED) is 0.813. The van der Waals surface area contributed by atoms with Crippen molar-refractivity contribution in [2.75, 3.05) is 24.7 Å². The molecule has 0 radical (unpaired) electrons. The molecule has 6 nitrogen and oxygen atoms in total. The summed E-state index contributed by atoms with van der Waals surface area (Å²) in [4.78, 5) is 16.1. The van der Waals surface area contributed by atoms with E-state index in [0.29, 0.717) is 19.1 Å². The van der Waals surface area contributed by atoms with E-state index >= 15 is 0 Å². The Hall–Kier alpha value is -1.40. The van der Waals surface area contributed by atoms with Crippen LogP contribution in [-0.4, -0.2) is 45.3 Å². The fourth-order valence-corrected chi connectivity index (χ4v) is 3.34. The number of rotatable bonds is 3. The van der Waals surface area contributed by atoms with Crippen LogP contribution in [0.1, 0.15) is 38.4 Å². The third-order valence-corrected chi connectivity index (χ3v) is 4.65. The molecule has 3 heterocycles. The molecule has 0 bridgehead atoms. The van der Waals surface area contributed by atoms with Crippen molar-refractivity contribution in [3.63, 3.8) is 0 Å². The van der Waals surface area contributed by atoms with Crippen LogP contribution in [0, 0.1) is 0 Å². The van der Waals surface area contributed by atoms with E-state index in [1.54, 1.807) is 0 Å². The topological polar surface area (TPSA) is 56.1 Å². The molecule has 0 amide bonds. The van der Waals surface area contributed by atoms with Gasteiger partial charge in [0.2, 0.25) is 5.28 Å². The summed E-state index contributed by atoms with van der Waals surface area (Å²) < 4.78 is 7.72. The number of imidazole rings is 1. The number of ether oxygens (including phenoxy) is 1. The van der Waals surface area contributed by atoms with Gasteiger partial charge in [-0.3, -0.25) is 0 Å². The molecular formula is C15H20ClN5O. The smallest absolute Gasteiger partial charge is 0.226 e. The highest BCUT2D eigenvalue weighted by Gasteiger charge is 2.32. The van der Waals surface area contributed by atoms with E-state index in [0.717, 1.165) is 35.9 Å². The van der Waals surface area contributed by atoms with Crippen LogP contribution in [-0.2, 0) is 11.3 Å². The summed E-state index contributed by atoms with van der Waals surface area (Å²) in [5, 5.41) is 0.290. The lowest BCUT2D eigenvalue weighted by atomic mass is 10.2. The molecule has 2 aliphatic rings. The van der Waals surface area contributed by atoms with Crippen molar-refractivity contribution in [1.82, 2.24) is 19.5 Å². The number of anilines is 1. The Morgan fingerprint density at radius 3 is 2.77 bits per heavy atom. The van der Waals surface area contributed by atoms with Crippen LogP contribution in [0.4, 0.5) is 5.82 Å². The second kappa shape index (κ2) is 5.35. The van der Waals surface area contributed by atoms with Crippen LogP contribution in [0.3, 0.4) is 0 Å². The van der Waals surface area contributed by atoms with Gasteiger partial charge in [-0.15, -0.1) is 0 Å². The first-order chi connectivity index (χ1) is 10.7. The third kappa shape index (κ3) is 2.25. The number of hydrogen-bond donors (Lipinski definition) is 0. The summed E-state index contributed by atoms with van der Waals surface area (Å²) in [5.74, 6) is 2.55. The lowest BCUT2D eigenvalue weighted by molar-refractivity contribution is 0.0986. The fourth-order valence-electron chi connectivity index (χ4n) is 3.18. The Morgan fingerprint density at radius 1 is 1.27 bits per heavy atom. The first-order valence-corrected chi connectivity index (χ1v) is 8.35. The second-order valence-corrected chi connectivity index (χ2v) is 6.43. The number of nitrogens with zero attached hydrogens (tertiary/aromatic N) is 5. The largest absolute Gasteiger partial charge is 0.377 e. The molecule has 1 atom stereocenters. The molecule has 0 spiro atoms. The van der Waals surface area contributed by atoms with E-state index < -0.39 is 0 Å². The first kappa shape index (κ1) is 14.2. The monoisotopic (exact) mass is 321 g/mol. The standard InChI is InChI=1S/C15H20ClN5O/c1-3-20-12(10-4-5-10)17-11-13(20)18-15(16)19-14(11)21-6-7-22-8-9(21)2/h9-10H,3-8H2,1-2H3. The van der Waals surface area contributed by atoms with Crippen molar-refractivity contribution in [3.8, 4) is 0 Å². The molecule has 0 N–H and O–H groups in total. The highest BCUT2D eigenvalue weighted by Crippen LogP contribution is 2.41. The van der Waals surface area contributed by atoms with Crippen molar-refractivity contribution < 1.29 is 4.74 Å². The number of morpholine rings is 1. The molecule has 118 valence electrons. The van der Waals surface area contributed by atoms with Gasteiger partial charge >= 0.3 is 0 Å². The van der Waals surface area contributed by atoms with Gasteiger partial charge in [0.1, 0.15) is 5.82 Å². The van der Waals surface area contributed by atoms with Crippen molar-refractivity contribution in [1.29, 1.82) is 0 Å². The number of halogens is 1. The van der Waals surface area contributed by atoms with Crippen molar-refractivity contribution in [2.45, 2.75) is 45.2 Å². The van der Waals surface area contributed by atoms with Gasteiger partial charge in [0.05, 0.1) is 19.3 Å². The van der Waals surface area contributed by atoms with E-state index in [2.05, 4.69) is 33.3 Å². The maximum absolute atomic E-state index is 6.20. The molecule has 1 unspecified atom stereocenters. The van der Waals surface area contributed by atoms with Gasteiger partial charge < -0.3 is 14.2 Å². The Bertz CT molecular complexity index is 712. The van der Waals surface area contributed by atoms with Crippen molar-refractivity contribution in [2.24, 2.45) is 0 Å². The Balaban J connectivity index is 1.90. The average Bonchev–Trinajstić information content (AvgIpc) is 3.28. The van der Waals surface area contributed by atoms with Gasteiger partial charge in [-0.05, 0) is 38.3 Å².